The highest BCUT2D eigenvalue weighted by Gasteiger charge is 2.35. The molecule has 7 nitrogen and oxygen atoms in total. The molecule has 0 radical (unpaired) electrons. The van der Waals surface area contributed by atoms with Crippen LogP contribution in [-0.2, 0) is 4.79 Å². The maximum atomic E-state index is 12.3. The van der Waals surface area contributed by atoms with Gasteiger partial charge in [-0.3, -0.25) is 14.9 Å². The maximum absolute atomic E-state index is 12.3. The van der Waals surface area contributed by atoms with E-state index in [0.717, 1.165) is 10.2 Å². The average Bonchev–Trinajstić information content (AvgIpc) is 3.29. The van der Waals surface area contributed by atoms with Crippen LogP contribution < -0.4 is 10.2 Å². The fourth-order valence-electron chi connectivity index (χ4n) is 2.98. The summed E-state index contributed by atoms with van der Waals surface area (Å²) in [5.41, 5.74) is 1.31. The Labute approximate surface area is 163 Å². The summed E-state index contributed by atoms with van der Waals surface area (Å²) < 4.78 is 6.38. The lowest BCUT2D eigenvalue weighted by atomic mass is 10.1. The van der Waals surface area contributed by atoms with E-state index in [9.17, 15) is 9.59 Å². The van der Waals surface area contributed by atoms with E-state index in [4.69, 9.17) is 4.42 Å². The van der Waals surface area contributed by atoms with Gasteiger partial charge in [0.05, 0.1) is 5.92 Å². The van der Waals surface area contributed by atoms with Crippen molar-refractivity contribution in [1.29, 1.82) is 0 Å². The Bertz CT molecular complexity index is 989. The molecule has 3 aromatic rings. The van der Waals surface area contributed by atoms with Gasteiger partial charge in [-0.15, -0.1) is 5.10 Å². The van der Waals surface area contributed by atoms with Crippen molar-refractivity contribution in [3.05, 3.63) is 70.5 Å². The van der Waals surface area contributed by atoms with E-state index in [1.165, 1.54) is 0 Å². The van der Waals surface area contributed by atoms with Gasteiger partial charge in [-0.25, -0.2) is 0 Å². The molecule has 136 valence electrons. The van der Waals surface area contributed by atoms with Crippen molar-refractivity contribution >= 4 is 39.4 Å². The van der Waals surface area contributed by atoms with Gasteiger partial charge >= 0.3 is 6.01 Å². The number of nitrogens with one attached hydrogen (secondary N) is 1. The second kappa shape index (κ2) is 7.32. The van der Waals surface area contributed by atoms with Gasteiger partial charge in [0.2, 0.25) is 11.8 Å². The van der Waals surface area contributed by atoms with Crippen LogP contribution in [0.4, 0.5) is 11.7 Å². The Morgan fingerprint density at radius 1 is 1.15 bits per heavy atom. The molecule has 1 aromatic heterocycles. The zero-order valence-corrected chi connectivity index (χ0v) is 15.7. The second-order valence-corrected chi connectivity index (χ2v) is 7.07. The summed E-state index contributed by atoms with van der Waals surface area (Å²) in [7, 11) is 0. The zero-order valence-electron chi connectivity index (χ0n) is 14.1. The highest BCUT2D eigenvalue weighted by molar-refractivity contribution is 9.10. The van der Waals surface area contributed by atoms with E-state index in [1.807, 2.05) is 36.4 Å². The molecule has 1 fully saturated rings. The van der Waals surface area contributed by atoms with Gasteiger partial charge in [-0.2, -0.15) is 0 Å². The van der Waals surface area contributed by atoms with Gasteiger partial charge in [0.15, 0.2) is 0 Å². The highest BCUT2D eigenvalue weighted by atomic mass is 79.9. The van der Waals surface area contributed by atoms with Gasteiger partial charge in [0, 0.05) is 28.7 Å². The quantitative estimate of drug-likeness (QED) is 0.688. The number of amides is 2. The summed E-state index contributed by atoms with van der Waals surface area (Å²) in [5, 5.41) is 10.5. The molecule has 4 rings (SSSR count). The summed E-state index contributed by atoms with van der Waals surface area (Å²) in [5.74, 6) is -0.211. The molecule has 1 unspecified atom stereocenters. The number of para-hydroxylation sites is 1. The summed E-state index contributed by atoms with van der Waals surface area (Å²) in [6.07, 6.45) is 0.288. The van der Waals surface area contributed by atoms with Gasteiger partial charge in [-0.05, 0) is 30.3 Å². The number of nitrogens with zero attached hydrogens (tertiary/aromatic N) is 3. The van der Waals surface area contributed by atoms with Crippen LogP contribution in [-0.4, -0.2) is 28.6 Å². The first-order valence-electron chi connectivity index (χ1n) is 8.36. The van der Waals surface area contributed by atoms with E-state index in [1.54, 1.807) is 23.1 Å². The molecule has 1 aliphatic heterocycles. The molecular weight excluding hydrogens is 412 g/mol. The maximum Gasteiger partial charge on any atom is 0.322 e. The number of halogens is 1. The molecule has 2 heterocycles. The van der Waals surface area contributed by atoms with Crippen LogP contribution in [0.5, 0.6) is 0 Å². The van der Waals surface area contributed by atoms with E-state index >= 15 is 0 Å². The molecule has 0 saturated carbocycles. The lowest BCUT2D eigenvalue weighted by molar-refractivity contribution is -0.117. The minimum absolute atomic E-state index is 0.00382. The number of carbonyl (C=O) groups is 2. The number of anilines is 2. The van der Waals surface area contributed by atoms with Crippen LogP contribution in [0.2, 0.25) is 0 Å². The molecule has 1 atom stereocenters. The molecule has 8 heteroatoms. The average molecular weight is 427 g/mol. The lowest BCUT2D eigenvalue weighted by Crippen LogP contribution is -2.24. The Morgan fingerprint density at radius 2 is 1.96 bits per heavy atom. The van der Waals surface area contributed by atoms with Crippen molar-refractivity contribution in [2.45, 2.75) is 12.3 Å². The number of hydrogen-bond donors (Lipinski definition) is 1. The Morgan fingerprint density at radius 3 is 2.74 bits per heavy atom. The van der Waals surface area contributed by atoms with Crippen molar-refractivity contribution in [2.75, 3.05) is 16.8 Å². The minimum Gasteiger partial charge on any atom is -0.407 e. The molecule has 1 aliphatic rings. The fraction of sp³-hybridized carbons (Fsp3) is 0.158. The monoisotopic (exact) mass is 426 g/mol. The number of aromatic nitrogens is 2. The molecule has 1 N–H and O–H groups in total. The van der Waals surface area contributed by atoms with Crippen LogP contribution in [0.15, 0.2) is 63.5 Å². The predicted octanol–water partition coefficient (Wildman–Crippen LogP) is 3.60. The van der Waals surface area contributed by atoms with E-state index in [2.05, 4.69) is 31.4 Å². The summed E-state index contributed by atoms with van der Waals surface area (Å²) in [6.45, 7) is 0.462. The minimum atomic E-state index is -0.347. The van der Waals surface area contributed by atoms with Crippen LogP contribution >= 0.6 is 15.9 Å². The molecule has 27 heavy (non-hydrogen) atoms. The highest BCUT2D eigenvalue weighted by Crippen LogP contribution is 2.31. The van der Waals surface area contributed by atoms with Crippen molar-refractivity contribution in [2.24, 2.45) is 0 Å². The fourth-order valence-corrected chi connectivity index (χ4v) is 3.38. The number of carbonyl (C=O) groups excluding carboxylic acids is 2. The third-order valence-electron chi connectivity index (χ3n) is 4.29. The molecule has 0 aliphatic carbocycles. The Kier molecular flexibility index (Phi) is 4.72. The number of rotatable bonds is 4. The Balaban J connectivity index is 1.45. The molecule has 0 bridgehead atoms. The van der Waals surface area contributed by atoms with Crippen LogP contribution in [0.25, 0.3) is 0 Å². The van der Waals surface area contributed by atoms with Crippen molar-refractivity contribution in [3.8, 4) is 0 Å². The van der Waals surface area contributed by atoms with Crippen molar-refractivity contribution < 1.29 is 14.0 Å². The predicted molar refractivity (Wildman–Crippen MR) is 103 cm³/mol. The van der Waals surface area contributed by atoms with Crippen molar-refractivity contribution in [1.82, 2.24) is 10.2 Å². The first kappa shape index (κ1) is 17.4. The number of benzene rings is 2. The van der Waals surface area contributed by atoms with Gasteiger partial charge in [0.25, 0.3) is 5.91 Å². The molecule has 1 saturated heterocycles. The summed E-state index contributed by atoms with van der Waals surface area (Å²) in [4.78, 5) is 26.3. The van der Waals surface area contributed by atoms with Gasteiger partial charge in [-0.1, -0.05) is 45.3 Å². The molecular formula is C19H15BrN4O3. The molecule has 2 aromatic carbocycles. The largest absolute Gasteiger partial charge is 0.407 e. The summed E-state index contributed by atoms with van der Waals surface area (Å²) >= 11 is 3.33. The SMILES string of the molecule is O=C(Nc1nnc(C2CC(=O)N(c3ccccc3)C2)o1)c1cccc(Br)c1. The Hall–Kier alpha value is -3.00. The van der Waals surface area contributed by atoms with Crippen LogP contribution in [0, 0.1) is 0 Å². The second-order valence-electron chi connectivity index (χ2n) is 6.15. The smallest absolute Gasteiger partial charge is 0.322 e. The van der Waals surface area contributed by atoms with Crippen LogP contribution in [0.1, 0.15) is 28.6 Å². The lowest BCUT2D eigenvalue weighted by Gasteiger charge is -2.15. The third kappa shape index (κ3) is 3.75. The normalized spacial score (nSPS) is 16.6. The van der Waals surface area contributed by atoms with Gasteiger partial charge in [0.1, 0.15) is 0 Å². The first-order valence-corrected chi connectivity index (χ1v) is 9.15. The van der Waals surface area contributed by atoms with Gasteiger partial charge < -0.3 is 9.32 Å². The third-order valence-corrected chi connectivity index (χ3v) is 4.78. The van der Waals surface area contributed by atoms with E-state index in [0.29, 0.717) is 18.0 Å². The van der Waals surface area contributed by atoms with Crippen molar-refractivity contribution in [3.63, 3.8) is 0 Å². The van der Waals surface area contributed by atoms with E-state index < -0.39 is 0 Å². The van der Waals surface area contributed by atoms with Crippen LogP contribution in [0.3, 0.4) is 0 Å². The molecule has 0 spiro atoms. The van der Waals surface area contributed by atoms with E-state index in [-0.39, 0.29) is 30.2 Å². The standard InChI is InChI=1S/C19H15BrN4O3/c20-14-6-4-5-12(9-14)17(26)21-19-23-22-18(27-19)13-10-16(25)24(11-13)15-7-2-1-3-8-15/h1-9,13H,10-11H2,(H,21,23,26). The first-order chi connectivity index (χ1) is 13.1. The summed E-state index contributed by atoms with van der Waals surface area (Å²) in [6, 6.07) is 16.4. The number of hydrogen-bond acceptors (Lipinski definition) is 5. The topological polar surface area (TPSA) is 88.3 Å². The molecule has 2 amide bonds. The zero-order chi connectivity index (χ0) is 18.8.